The minimum absolute atomic E-state index is 0.108. The number of pyridine rings is 2. The molecule has 0 saturated carbocycles. The fraction of sp³-hybridized carbons (Fsp3) is 0.333. The number of nitrogens with zero attached hydrogens (tertiary/aromatic N) is 3. The number of hydrogen-bond donors (Lipinski definition) is 2. The van der Waals surface area contributed by atoms with Gasteiger partial charge in [0.2, 0.25) is 11.5 Å². The zero-order valence-electron chi connectivity index (χ0n) is 14.8. The first kappa shape index (κ1) is 17.8. The number of nitrogen functional groups attached to an aromatic ring is 1. The van der Waals surface area contributed by atoms with Crippen LogP contribution in [-0.4, -0.2) is 28.0 Å². The van der Waals surface area contributed by atoms with Gasteiger partial charge in [0.05, 0.1) is 12.6 Å². The number of ether oxygens (including phenoxy) is 1. The van der Waals surface area contributed by atoms with Crippen LogP contribution in [0.5, 0.6) is 0 Å². The molecule has 0 radical (unpaired) electrons. The van der Waals surface area contributed by atoms with Crippen LogP contribution in [-0.2, 0) is 11.3 Å². The molecule has 0 saturated heterocycles. The molecular formula is C18H22N5O3+. The number of carbonyl (C=O) groups excluding carboxylic acids is 1. The highest BCUT2D eigenvalue weighted by Gasteiger charge is 2.22. The van der Waals surface area contributed by atoms with E-state index in [4.69, 9.17) is 16.2 Å². The van der Waals surface area contributed by atoms with E-state index in [0.717, 1.165) is 0 Å². The van der Waals surface area contributed by atoms with Gasteiger partial charge in [0, 0.05) is 19.2 Å². The number of rotatable bonds is 6. The van der Waals surface area contributed by atoms with Gasteiger partial charge in [-0.15, -0.1) is 0 Å². The van der Waals surface area contributed by atoms with Crippen LogP contribution in [0.15, 0.2) is 35.3 Å². The van der Waals surface area contributed by atoms with E-state index in [0.29, 0.717) is 36.3 Å². The van der Waals surface area contributed by atoms with Crippen LogP contribution in [0.25, 0.3) is 16.7 Å². The molecule has 3 aromatic heterocycles. The second-order valence-electron chi connectivity index (χ2n) is 6.32. The number of hydrogen-bond acceptors (Lipinski definition) is 5. The maximum Gasteiger partial charge on any atom is 0.278 e. The van der Waals surface area contributed by atoms with Crippen molar-refractivity contribution in [3.8, 4) is 0 Å². The summed E-state index contributed by atoms with van der Waals surface area (Å²) in [5.41, 5.74) is 12.4. The number of primary amides is 1. The second-order valence-corrected chi connectivity index (χ2v) is 6.32. The average Bonchev–Trinajstić information content (AvgIpc) is 2.60. The molecular weight excluding hydrogens is 334 g/mol. The lowest BCUT2D eigenvalue weighted by Gasteiger charge is -2.11. The van der Waals surface area contributed by atoms with Crippen LogP contribution >= 0.6 is 0 Å². The fourth-order valence-corrected chi connectivity index (χ4v) is 2.87. The molecule has 1 amide bonds. The molecule has 0 bridgehead atoms. The Balaban J connectivity index is 2.20. The van der Waals surface area contributed by atoms with Gasteiger partial charge in [-0.05, 0) is 32.0 Å². The molecule has 136 valence electrons. The third-order valence-corrected chi connectivity index (χ3v) is 4.10. The Hall–Kier alpha value is -3.00. The summed E-state index contributed by atoms with van der Waals surface area (Å²) >= 11 is 0. The molecule has 26 heavy (non-hydrogen) atoms. The third-order valence-electron chi connectivity index (χ3n) is 4.10. The van der Waals surface area contributed by atoms with Gasteiger partial charge in [-0.25, -0.2) is 4.57 Å². The molecule has 0 aliphatic heterocycles. The summed E-state index contributed by atoms with van der Waals surface area (Å²) in [5.74, 6) is -0.490. The summed E-state index contributed by atoms with van der Waals surface area (Å²) in [5, 5.41) is 0.293. The Morgan fingerprint density at radius 3 is 2.85 bits per heavy atom. The molecule has 0 fully saturated rings. The second kappa shape index (κ2) is 7.09. The van der Waals surface area contributed by atoms with Crippen LogP contribution < -0.4 is 21.6 Å². The highest BCUT2D eigenvalue weighted by Crippen LogP contribution is 2.14. The zero-order valence-corrected chi connectivity index (χ0v) is 14.8. The Labute approximate surface area is 150 Å². The van der Waals surface area contributed by atoms with Crippen LogP contribution in [0.4, 0.5) is 5.82 Å². The molecule has 3 rings (SSSR count). The smallest absolute Gasteiger partial charge is 0.278 e. The van der Waals surface area contributed by atoms with Crippen molar-refractivity contribution >= 4 is 28.4 Å². The van der Waals surface area contributed by atoms with Crippen molar-refractivity contribution in [1.29, 1.82) is 0 Å². The predicted molar refractivity (Wildman–Crippen MR) is 97.8 cm³/mol. The zero-order chi connectivity index (χ0) is 18.8. The van der Waals surface area contributed by atoms with Crippen LogP contribution in [0.1, 0.15) is 30.6 Å². The minimum atomic E-state index is -0.686. The van der Waals surface area contributed by atoms with E-state index in [2.05, 4.69) is 4.98 Å². The van der Waals surface area contributed by atoms with E-state index in [9.17, 15) is 9.59 Å². The van der Waals surface area contributed by atoms with Gasteiger partial charge in [0.1, 0.15) is 10.9 Å². The quantitative estimate of drug-likeness (QED) is 0.382. The van der Waals surface area contributed by atoms with Gasteiger partial charge in [-0.3, -0.25) is 14.0 Å². The maximum atomic E-state index is 12.8. The molecule has 0 aliphatic carbocycles. The van der Waals surface area contributed by atoms with Gasteiger partial charge in [0.25, 0.3) is 17.1 Å². The van der Waals surface area contributed by atoms with Crippen molar-refractivity contribution < 1.29 is 14.1 Å². The number of amides is 1. The Morgan fingerprint density at radius 2 is 2.15 bits per heavy atom. The highest BCUT2D eigenvalue weighted by atomic mass is 16.5. The third kappa shape index (κ3) is 3.23. The lowest BCUT2D eigenvalue weighted by Crippen LogP contribution is -2.42. The number of nitrogens with two attached hydrogens (primary N) is 2. The van der Waals surface area contributed by atoms with E-state index in [1.54, 1.807) is 29.0 Å². The molecule has 0 spiro atoms. The van der Waals surface area contributed by atoms with Crippen LogP contribution in [0.3, 0.4) is 0 Å². The van der Waals surface area contributed by atoms with Gasteiger partial charge in [0.15, 0.2) is 0 Å². The maximum absolute atomic E-state index is 12.8. The fourth-order valence-electron chi connectivity index (χ4n) is 2.87. The standard InChI is InChI=1S/C18H21N5O3/c1-11(2)26-9-5-8-23-15(19)12(16(20)24)10-13-17(23)21-14-6-3-4-7-22(14)18(13)25/h3-4,6-7,10-11,19H,5,8-9H2,1-2H3,(H2,20,24)/p+1. The van der Waals surface area contributed by atoms with Crippen molar-refractivity contribution in [2.75, 3.05) is 12.3 Å². The number of aromatic nitrogens is 3. The van der Waals surface area contributed by atoms with Crippen LogP contribution in [0.2, 0.25) is 0 Å². The Morgan fingerprint density at radius 1 is 1.38 bits per heavy atom. The van der Waals surface area contributed by atoms with Gasteiger partial charge >= 0.3 is 0 Å². The molecule has 0 aliphatic rings. The van der Waals surface area contributed by atoms with Crippen LogP contribution in [0, 0.1) is 0 Å². The van der Waals surface area contributed by atoms with Gasteiger partial charge in [-0.2, -0.15) is 0 Å². The average molecular weight is 356 g/mol. The molecule has 3 heterocycles. The molecule has 0 aromatic carbocycles. The lowest BCUT2D eigenvalue weighted by atomic mass is 10.2. The summed E-state index contributed by atoms with van der Waals surface area (Å²) in [4.78, 5) is 29.2. The molecule has 3 aromatic rings. The van der Waals surface area contributed by atoms with Crippen molar-refractivity contribution in [2.45, 2.75) is 32.9 Å². The number of anilines is 1. The summed E-state index contributed by atoms with van der Waals surface area (Å²) in [6.45, 7) is 4.89. The summed E-state index contributed by atoms with van der Waals surface area (Å²) in [7, 11) is 0. The summed E-state index contributed by atoms with van der Waals surface area (Å²) in [6.07, 6.45) is 2.41. The molecule has 0 unspecified atom stereocenters. The first-order valence-corrected chi connectivity index (χ1v) is 8.45. The molecule has 8 heteroatoms. The summed E-state index contributed by atoms with van der Waals surface area (Å²) < 4.78 is 8.64. The van der Waals surface area contributed by atoms with E-state index < -0.39 is 5.91 Å². The molecule has 8 nitrogen and oxygen atoms in total. The first-order chi connectivity index (χ1) is 12.4. The van der Waals surface area contributed by atoms with E-state index in [1.807, 2.05) is 13.8 Å². The van der Waals surface area contributed by atoms with Crippen molar-refractivity contribution in [3.63, 3.8) is 0 Å². The SMILES string of the molecule is CC(C)OCCC[n+]1c(N)c(C(N)=O)cc2c(=O)n3ccccc3nc21. The first-order valence-electron chi connectivity index (χ1n) is 8.45. The normalized spacial score (nSPS) is 11.5. The molecule has 0 atom stereocenters. The lowest BCUT2D eigenvalue weighted by molar-refractivity contribution is -0.659. The number of fused-ring (bicyclic) bond motifs is 2. The van der Waals surface area contributed by atoms with Crippen molar-refractivity contribution in [1.82, 2.24) is 9.38 Å². The van der Waals surface area contributed by atoms with Crippen molar-refractivity contribution in [2.24, 2.45) is 5.73 Å². The minimum Gasteiger partial charge on any atom is -0.379 e. The van der Waals surface area contributed by atoms with E-state index >= 15 is 0 Å². The Bertz CT molecular complexity index is 1040. The summed E-state index contributed by atoms with van der Waals surface area (Å²) in [6, 6.07) is 6.70. The van der Waals surface area contributed by atoms with E-state index in [1.165, 1.54) is 10.5 Å². The number of carbonyl (C=O) groups is 1. The highest BCUT2D eigenvalue weighted by molar-refractivity contribution is 5.99. The molecule has 4 N–H and O–H groups in total. The monoisotopic (exact) mass is 356 g/mol. The number of aryl methyl sites for hydroxylation is 1. The Kier molecular flexibility index (Phi) is 4.85. The van der Waals surface area contributed by atoms with Gasteiger partial charge in [-0.1, -0.05) is 11.1 Å². The largest absolute Gasteiger partial charge is 0.379 e. The van der Waals surface area contributed by atoms with Gasteiger partial charge < -0.3 is 16.2 Å². The predicted octanol–water partition coefficient (Wildman–Crippen LogP) is 0.631. The van der Waals surface area contributed by atoms with E-state index in [-0.39, 0.29) is 23.0 Å². The van der Waals surface area contributed by atoms with Crippen molar-refractivity contribution in [3.05, 3.63) is 46.4 Å². The topological polar surface area (TPSA) is 117 Å².